The summed E-state index contributed by atoms with van der Waals surface area (Å²) < 4.78 is 0. The molecule has 0 bridgehead atoms. The van der Waals surface area contributed by atoms with Gasteiger partial charge in [-0.15, -0.1) is 0 Å². The zero-order chi connectivity index (χ0) is 12.0. The average Bonchev–Trinajstić information content (AvgIpc) is 2.28. The summed E-state index contributed by atoms with van der Waals surface area (Å²) in [6.07, 6.45) is 3.58. The lowest BCUT2D eigenvalue weighted by Gasteiger charge is -2.14. The summed E-state index contributed by atoms with van der Waals surface area (Å²) in [6.45, 7) is 1.84. The number of hydrogen-bond acceptors (Lipinski definition) is 2. The van der Waals surface area contributed by atoms with Gasteiger partial charge in [0.15, 0.2) is 0 Å². The Balaban J connectivity index is 3.10. The van der Waals surface area contributed by atoms with Crippen molar-refractivity contribution >= 4 is 6.03 Å². The van der Waals surface area contributed by atoms with E-state index in [1.165, 1.54) is 0 Å². The van der Waals surface area contributed by atoms with Crippen LogP contribution in [0.1, 0.15) is 24.1 Å². The minimum Gasteiger partial charge on any atom is -0.352 e. The molecule has 0 aliphatic heterocycles. The average molecular weight is 215 g/mol. The topological polar surface area (TPSA) is 78.9 Å². The number of urea groups is 1. The SMILES string of the molecule is CC=CC(NC(N)=O)c1ccccc1C#N. The van der Waals surface area contributed by atoms with Crippen molar-refractivity contribution in [1.29, 1.82) is 5.26 Å². The first kappa shape index (κ1) is 11.8. The molecule has 0 spiro atoms. The Morgan fingerprint density at radius 3 is 2.81 bits per heavy atom. The molecule has 0 aromatic heterocycles. The van der Waals surface area contributed by atoms with E-state index in [0.29, 0.717) is 5.56 Å². The molecule has 1 unspecified atom stereocenters. The van der Waals surface area contributed by atoms with Gasteiger partial charge in [-0.1, -0.05) is 30.4 Å². The van der Waals surface area contributed by atoms with Crippen LogP contribution < -0.4 is 11.1 Å². The molecule has 82 valence electrons. The molecule has 0 heterocycles. The maximum absolute atomic E-state index is 10.9. The quantitative estimate of drug-likeness (QED) is 0.754. The van der Waals surface area contributed by atoms with Crippen LogP contribution in [-0.4, -0.2) is 6.03 Å². The van der Waals surface area contributed by atoms with E-state index in [1.807, 2.05) is 13.0 Å². The van der Waals surface area contributed by atoms with Crippen molar-refractivity contribution < 1.29 is 4.79 Å². The van der Waals surface area contributed by atoms with Gasteiger partial charge in [-0.3, -0.25) is 0 Å². The summed E-state index contributed by atoms with van der Waals surface area (Å²) in [5.41, 5.74) is 6.35. The van der Waals surface area contributed by atoms with Crippen molar-refractivity contribution in [2.75, 3.05) is 0 Å². The molecule has 2 amide bonds. The Morgan fingerprint density at radius 1 is 1.56 bits per heavy atom. The number of nitriles is 1. The van der Waals surface area contributed by atoms with Crippen molar-refractivity contribution in [2.45, 2.75) is 13.0 Å². The molecule has 16 heavy (non-hydrogen) atoms. The van der Waals surface area contributed by atoms with Crippen LogP contribution >= 0.6 is 0 Å². The molecular weight excluding hydrogens is 202 g/mol. The molecule has 0 aliphatic carbocycles. The highest BCUT2D eigenvalue weighted by Crippen LogP contribution is 2.18. The molecule has 0 saturated heterocycles. The smallest absolute Gasteiger partial charge is 0.312 e. The van der Waals surface area contributed by atoms with Gasteiger partial charge < -0.3 is 11.1 Å². The van der Waals surface area contributed by atoms with Gasteiger partial charge in [-0.05, 0) is 18.6 Å². The molecule has 3 N–H and O–H groups in total. The Labute approximate surface area is 94.4 Å². The third-order valence-corrected chi connectivity index (χ3v) is 2.10. The summed E-state index contributed by atoms with van der Waals surface area (Å²) in [7, 11) is 0. The zero-order valence-corrected chi connectivity index (χ0v) is 8.97. The van der Waals surface area contributed by atoms with Gasteiger partial charge in [0.2, 0.25) is 0 Å². The van der Waals surface area contributed by atoms with Crippen molar-refractivity contribution in [1.82, 2.24) is 5.32 Å². The first-order valence-corrected chi connectivity index (χ1v) is 4.87. The van der Waals surface area contributed by atoms with Crippen molar-refractivity contribution in [3.8, 4) is 6.07 Å². The number of nitrogens with one attached hydrogen (secondary N) is 1. The first-order valence-electron chi connectivity index (χ1n) is 4.87. The molecular formula is C12H13N3O. The Hall–Kier alpha value is -2.28. The Morgan fingerprint density at radius 2 is 2.25 bits per heavy atom. The molecule has 4 nitrogen and oxygen atoms in total. The van der Waals surface area contributed by atoms with Crippen LogP contribution in [0.25, 0.3) is 0 Å². The van der Waals surface area contributed by atoms with E-state index in [0.717, 1.165) is 5.56 Å². The molecule has 0 saturated carbocycles. The number of benzene rings is 1. The minimum atomic E-state index is -0.615. The summed E-state index contributed by atoms with van der Waals surface area (Å²) >= 11 is 0. The van der Waals surface area contributed by atoms with Gasteiger partial charge in [0.25, 0.3) is 0 Å². The van der Waals surface area contributed by atoms with Gasteiger partial charge in [0.1, 0.15) is 0 Å². The van der Waals surface area contributed by atoms with Crippen molar-refractivity contribution in [2.24, 2.45) is 5.73 Å². The van der Waals surface area contributed by atoms with Gasteiger partial charge in [0.05, 0.1) is 17.7 Å². The molecule has 1 rings (SSSR count). The lowest BCUT2D eigenvalue weighted by Crippen LogP contribution is -2.32. The third-order valence-electron chi connectivity index (χ3n) is 2.10. The third kappa shape index (κ3) is 2.85. The summed E-state index contributed by atoms with van der Waals surface area (Å²) in [5, 5.41) is 11.5. The van der Waals surface area contributed by atoms with Crippen LogP contribution in [0.5, 0.6) is 0 Å². The molecule has 4 heteroatoms. The van der Waals surface area contributed by atoms with Crippen LogP contribution in [0.15, 0.2) is 36.4 Å². The zero-order valence-electron chi connectivity index (χ0n) is 8.97. The van der Waals surface area contributed by atoms with E-state index in [1.54, 1.807) is 30.4 Å². The highest BCUT2D eigenvalue weighted by Gasteiger charge is 2.12. The number of amides is 2. The number of hydrogen-bond donors (Lipinski definition) is 2. The summed E-state index contributed by atoms with van der Waals surface area (Å²) in [4.78, 5) is 10.9. The van der Waals surface area contributed by atoms with Crippen LogP contribution in [-0.2, 0) is 0 Å². The Bertz CT molecular complexity index is 446. The summed E-state index contributed by atoms with van der Waals surface area (Å²) in [5.74, 6) is 0. The number of primary amides is 1. The molecule has 0 aliphatic rings. The monoisotopic (exact) mass is 215 g/mol. The van der Waals surface area contributed by atoms with E-state index in [-0.39, 0.29) is 6.04 Å². The second kappa shape index (κ2) is 5.56. The molecule has 1 atom stereocenters. The van der Waals surface area contributed by atoms with Gasteiger partial charge >= 0.3 is 6.03 Å². The lowest BCUT2D eigenvalue weighted by atomic mass is 10.0. The van der Waals surface area contributed by atoms with Crippen molar-refractivity contribution in [3.63, 3.8) is 0 Å². The number of rotatable bonds is 3. The van der Waals surface area contributed by atoms with Crippen LogP contribution in [0.3, 0.4) is 0 Å². The van der Waals surface area contributed by atoms with Crippen LogP contribution in [0.2, 0.25) is 0 Å². The van der Waals surface area contributed by atoms with E-state index in [9.17, 15) is 4.79 Å². The van der Waals surface area contributed by atoms with E-state index < -0.39 is 6.03 Å². The largest absolute Gasteiger partial charge is 0.352 e. The second-order valence-electron chi connectivity index (χ2n) is 3.21. The van der Waals surface area contributed by atoms with Gasteiger partial charge in [0, 0.05) is 0 Å². The lowest BCUT2D eigenvalue weighted by molar-refractivity contribution is 0.247. The molecule has 1 aromatic rings. The van der Waals surface area contributed by atoms with Gasteiger partial charge in [-0.25, -0.2) is 4.79 Å². The molecule has 1 aromatic carbocycles. The standard InChI is InChI=1S/C12H13N3O/c1-2-5-11(15-12(14)16)10-7-4-3-6-9(10)8-13/h2-7,11H,1H3,(H3,14,15,16). The normalized spacial score (nSPS) is 12.0. The number of allylic oxidation sites excluding steroid dienone is 1. The maximum atomic E-state index is 10.9. The fourth-order valence-electron chi connectivity index (χ4n) is 1.45. The second-order valence-corrected chi connectivity index (χ2v) is 3.21. The minimum absolute atomic E-state index is 0.363. The number of nitrogens with zero attached hydrogens (tertiary/aromatic N) is 1. The van der Waals surface area contributed by atoms with E-state index in [4.69, 9.17) is 11.0 Å². The fourth-order valence-corrected chi connectivity index (χ4v) is 1.45. The number of carbonyl (C=O) groups is 1. The summed E-state index contributed by atoms with van der Waals surface area (Å²) in [6, 6.07) is 8.19. The van der Waals surface area contributed by atoms with Crippen LogP contribution in [0, 0.1) is 11.3 Å². The predicted octanol–water partition coefficient (Wildman–Crippen LogP) is 1.84. The number of nitrogens with two attached hydrogens (primary N) is 1. The maximum Gasteiger partial charge on any atom is 0.312 e. The fraction of sp³-hybridized carbons (Fsp3) is 0.167. The van der Waals surface area contributed by atoms with Crippen molar-refractivity contribution in [3.05, 3.63) is 47.5 Å². The van der Waals surface area contributed by atoms with Gasteiger partial charge in [-0.2, -0.15) is 5.26 Å². The highest BCUT2D eigenvalue weighted by molar-refractivity contribution is 5.72. The van der Waals surface area contributed by atoms with E-state index >= 15 is 0 Å². The molecule has 0 fully saturated rings. The Kier molecular flexibility index (Phi) is 4.10. The van der Waals surface area contributed by atoms with E-state index in [2.05, 4.69) is 11.4 Å². The number of carbonyl (C=O) groups excluding carboxylic acids is 1. The highest BCUT2D eigenvalue weighted by atomic mass is 16.2. The molecule has 0 radical (unpaired) electrons. The first-order chi connectivity index (χ1) is 7.69. The predicted molar refractivity (Wildman–Crippen MR) is 61.4 cm³/mol. The van der Waals surface area contributed by atoms with Crippen LogP contribution in [0.4, 0.5) is 4.79 Å².